The van der Waals surface area contributed by atoms with Gasteiger partial charge in [0.25, 0.3) is 5.69 Å². The Morgan fingerprint density at radius 2 is 2.09 bits per heavy atom. The number of amides is 1. The molecule has 1 aromatic heterocycles. The van der Waals surface area contributed by atoms with Gasteiger partial charge in [-0.3, -0.25) is 20.2 Å². The van der Waals surface area contributed by atoms with Crippen molar-refractivity contribution < 1.29 is 9.72 Å². The minimum atomic E-state index is -0.479. The van der Waals surface area contributed by atoms with E-state index >= 15 is 0 Å². The van der Waals surface area contributed by atoms with Crippen LogP contribution < -0.4 is 5.32 Å². The molecule has 120 valence electrons. The standard InChI is InChI=1S/C15H16N4O3S/c1-15(2,3)13-17-18-14(23-13)16-12(20)8-7-10-5-4-6-11(9-10)19(21)22/h4-9H,1-3H3,(H,16,18,20)/b8-7+. The fourth-order valence-corrected chi connectivity index (χ4v) is 2.44. The summed E-state index contributed by atoms with van der Waals surface area (Å²) in [6.07, 6.45) is 2.81. The molecule has 0 fully saturated rings. The fourth-order valence-electron chi connectivity index (χ4n) is 1.64. The number of benzene rings is 1. The molecule has 2 rings (SSSR count). The zero-order valence-electron chi connectivity index (χ0n) is 12.9. The normalized spacial score (nSPS) is 11.6. The van der Waals surface area contributed by atoms with E-state index in [1.165, 1.54) is 35.6 Å². The smallest absolute Gasteiger partial charge is 0.270 e. The van der Waals surface area contributed by atoms with Gasteiger partial charge in [0.15, 0.2) is 0 Å². The van der Waals surface area contributed by atoms with Crippen molar-refractivity contribution in [1.29, 1.82) is 0 Å². The van der Waals surface area contributed by atoms with Crippen LogP contribution in [0, 0.1) is 10.1 Å². The van der Waals surface area contributed by atoms with E-state index in [4.69, 9.17) is 0 Å². The van der Waals surface area contributed by atoms with Gasteiger partial charge in [0, 0.05) is 23.6 Å². The first-order valence-corrected chi connectivity index (χ1v) is 7.65. The Kier molecular flexibility index (Phi) is 4.85. The van der Waals surface area contributed by atoms with Crippen LogP contribution in [0.5, 0.6) is 0 Å². The number of aromatic nitrogens is 2. The van der Waals surface area contributed by atoms with Crippen molar-refractivity contribution in [2.45, 2.75) is 26.2 Å². The predicted molar refractivity (Wildman–Crippen MR) is 89.4 cm³/mol. The van der Waals surface area contributed by atoms with Crippen LogP contribution in [-0.4, -0.2) is 21.0 Å². The maximum Gasteiger partial charge on any atom is 0.270 e. The van der Waals surface area contributed by atoms with Crippen molar-refractivity contribution in [2.75, 3.05) is 5.32 Å². The third-order valence-electron chi connectivity index (χ3n) is 2.80. The monoisotopic (exact) mass is 332 g/mol. The molecule has 1 aromatic carbocycles. The van der Waals surface area contributed by atoms with E-state index in [2.05, 4.69) is 15.5 Å². The lowest BCUT2D eigenvalue weighted by molar-refractivity contribution is -0.384. The predicted octanol–water partition coefficient (Wildman–Crippen LogP) is 3.40. The van der Waals surface area contributed by atoms with E-state index in [0.717, 1.165) is 5.01 Å². The molecule has 7 nitrogen and oxygen atoms in total. The Morgan fingerprint density at radius 3 is 2.70 bits per heavy atom. The first-order valence-electron chi connectivity index (χ1n) is 6.83. The van der Waals surface area contributed by atoms with Crippen molar-refractivity contribution in [3.05, 3.63) is 51.0 Å². The fraction of sp³-hybridized carbons (Fsp3) is 0.267. The molecule has 0 bridgehead atoms. The minimum absolute atomic E-state index is 0.0218. The molecule has 0 aliphatic rings. The van der Waals surface area contributed by atoms with Gasteiger partial charge in [-0.2, -0.15) is 0 Å². The average Bonchev–Trinajstić information content (AvgIpc) is 2.94. The molecular weight excluding hydrogens is 316 g/mol. The molecule has 0 aliphatic carbocycles. The molecule has 23 heavy (non-hydrogen) atoms. The van der Waals surface area contributed by atoms with Crippen LogP contribution in [0.4, 0.5) is 10.8 Å². The van der Waals surface area contributed by atoms with E-state index in [9.17, 15) is 14.9 Å². The van der Waals surface area contributed by atoms with Crippen molar-refractivity contribution in [3.63, 3.8) is 0 Å². The number of nitro groups is 1. The second kappa shape index (κ2) is 6.66. The number of non-ortho nitro benzene ring substituents is 1. The molecule has 0 radical (unpaired) electrons. The van der Waals surface area contributed by atoms with Crippen molar-refractivity contribution in [2.24, 2.45) is 0 Å². The largest absolute Gasteiger partial charge is 0.297 e. The van der Waals surface area contributed by atoms with Gasteiger partial charge in [-0.15, -0.1) is 10.2 Å². The molecule has 1 N–H and O–H groups in total. The molecule has 0 aliphatic heterocycles. The highest BCUT2D eigenvalue weighted by Gasteiger charge is 2.19. The maximum absolute atomic E-state index is 11.9. The highest BCUT2D eigenvalue weighted by Crippen LogP contribution is 2.27. The van der Waals surface area contributed by atoms with Crippen molar-refractivity contribution in [1.82, 2.24) is 10.2 Å². The molecule has 0 spiro atoms. The Morgan fingerprint density at radius 1 is 1.35 bits per heavy atom. The highest BCUT2D eigenvalue weighted by molar-refractivity contribution is 7.15. The second-order valence-electron chi connectivity index (χ2n) is 5.84. The summed E-state index contributed by atoms with van der Waals surface area (Å²) >= 11 is 1.32. The number of nitrogens with one attached hydrogen (secondary N) is 1. The van der Waals surface area contributed by atoms with Gasteiger partial charge in [0.1, 0.15) is 5.01 Å². The Balaban J connectivity index is 2.03. The quantitative estimate of drug-likeness (QED) is 0.525. The average molecular weight is 332 g/mol. The van der Waals surface area contributed by atoms with E-state index in [0.29, 0.717) is 10.7 Å². The number of nitro benzene ring substituents is 1. The zero-order chi connectivity index (χ0) is 17.0. The van der Waals surface area contributed by atoms with Gasteiger partial charge in [-0.1, -0.05) is 44.2 Å². The Bertz CT molecular complexity index is 762. The van der Waals surface area contributed by atoms with Gasteiger partial charge < -0.3 is 0 Å². The molecule has 1 heterocycles. The first kappa shape index (κ1) is 16.8. The van der Waals surface area contributed by atoms with Crippen LogP contribution in [0.1, 0.15) is 31.3 Å². The highest BCUT2D eigenvalue weighted by atomic mass is 32.1. The van der Waals surface area contributed by atoms with Crippen LogP contribution in [-0.2, 0) is 10.2 Å². The lowest BCUT2D eigenvalue weighted by Gasteiger charge is -2.12. The number of hydrogen-bond donors (Lipinski definition) is 1. The molecule has 0 saturated carbocycles. The third kappa shape index (κ3) is 4.68. The summed E-state index contributed by atoms with van der Waals surface area (Å²) in [7, 11) is 0. The van der Waals surface area contributed by atoms with Gasteiger partial charge in [0.2, 0.25) is 11.0 Å². The van der Waals surface area contributed by atoms with E-state index < -0.39 is 4.92 Å². The SMILES string of the molecule is CC(C)(C)c1nnc(NC(=O)/C=C/c2cccc([N+](=O)[O-])c2)s1. The van der Waals surface area contributed by atoms with Crippen LogP contribution in [0.15, 0.2) is 30.3 Å². The molecule has 8 heteroatoms. The maximum atomic E-state index is 11.9. The summed E-state index contributed by atoms with van der Waals surface area (Å²) in [5, 5.41) is 22.6. The molecule has 1 amide bonds. The van der Waals surface area contributed by atoms with Gasteiger partial charge in [-0.25, -0.2) is 0 Å². The third-order valence-corrected chi connectivity index (χ3v) is 4.07. The van der Waals surface area contributed by atoms with Gasteiger partial charge >= 0.3 is 0 Å². The molecule has 0 atom stereocenters. The van der Waals surface area contributed by atoms with Crippen LogP contribution in [0.25, 0.3) is 6.08 Å². The summed E-state index contributed by atoms with van der Waals surface area (Å²) in [5.74, 6) is -0.367. The molecule has 2 aromatic rings. The number of nitrogens with zero attached hydrogens (tertiary/aromatic N) is 3. The number of carbonyl (C=O) groups is 1. The number of carbonyl (C=O) groups excluding carboxylic acids is 1. The Labute approximate surface area is 137 Å². The molecular formula is C15H16N4O3S. The van der Waals surface area contributed by atoms with Gasteiger partial charge in [0.05, 0.1) is 4.92 Å². The van der Waals surface area contributed by atoms with Crippen LogP contribution in [0.2, 0.25) is 0 Å². The molecule has 0 unspecified atom stereocenters. The Hall–Kier alpha value is -2.61. The number of anilines is 1. The van der Waals surface area contributed by atoms with Crippen molar-refractivity contribution in [3.8, 4) is 0 Å². The van der Waals surface area contributed by atoms with Crippen LogP contribution >= 0.6 is 11.3 Å². The number of rotatable bonds is 4. The summed E-state index contributed by atoms with van der Waals surface area (Å²) in [6.45, 7) is 6.05. The van der Waals surface area contributed by atoms with E-state index in [1.807, 2.05) is 20.8 Å². The van der Waals surface area contributed by atoms with Gasteiger partial charge in [-0.05, 0) is 11.6 Å². The van der Waals surface area contributed by atoms with E-state index in [-0.39, 0.29) is 17.0 Å². The summed E-state index contributed by atoms with van der Waals surface area (Å²) in [6, 6.07) is 6.04. The zero-order valence-corrected chi connectivity index (χ0v) is 13.8. The topological polar surface area (TPSA) is 98.0 Å². The summed E-state index contributed by atoms with van der Waals surface area (Å²) < 4.78 is 0. The van der Waals surface area contributed by atoms with Crippen molar-refractivity contribution >= 4 is 34.1 Å². The first-order chi connectivity index (χ1) is 10.8. The minimum Gasteiger partial charge on any atom is -0.297 e. The van der Waals surface area contributed by atoms with E-state index in [1.54, 1.807) is 12.1 Å². The van der Waals surface area contributed by atoms with Crippen LogP contribution in [0.3, 0.4) is 0 Å². The summed E-state index contributed by atoms with van der Waals surface area (Å²) in [5.41, 5.74) is 0.424. The molecule has 0 saturated heterocycles. The lowest BCUT2D eigenvalue weighted by Crippen LogP contribution is -2.10. The second-order valence-corrected chi connectivity index (χ2v) is 6.81. The summed E-state index contributed by atoms with van der Waals surface area (Å²) in [4.78, 5) is 22.1. The lowest BCUT2D eigenvalue weighted by atomic mass is 9.98. The number of hydrogen-bond acceptors (Lipinski definition) is 6.